The first-order valence-corrected chi connectivity index (χ1v) is 4.49. The topological polar surface area (TPSA) is 98.6 Å². The van der Waals surface area contributed by atoms with Crippen molar-refractivity contribution in [3.63, 3.8) is 0 Å². The van der Waals surface area contributed by atoms with Crippen LogP contribution in [0.5, 0.6) is 0 Å². The second-order valence-corrected chi connectivity index (χ2v) is 3.91. The van der Waals surface area contributed by atoms with Crippen LogP contribution in [0.25, 0.3) is 0 Å². The van der Waals surface area contributed by atoms with Crippen molar-refractivity contribution in [1.29, 1.82) is 0 Å². The maximum Gasteiger partial charge on any atom is 0.254 e. The standard InChI is InChI=1S/C5H11ClN4OS/c1-3(11)4(6)12-5(7)9-2-10-8/h2-4,11H,8H2,1H3,(H2,7,9,10)/p+1. The largest absolute Gasteiger partial charge is 0.391 e. The summed E-state index contributed by atoms with van der Waals surface area (Å²) in [6, 6.07) is 0. The molecule has 0 saturated heterocycles. The molecule has 0 radical (unpaired) electrons. The molecule has 7 heteroatoms. The molecule has 2 atom stereocenters. The minimum Gasteiger partial charge on any atom is -0.391 e. The third kappa shape index (κ3) is 5.22. The van der Waals surface area contributed by atoms with Crippen molar-refractivity contribution in [2.45, 2.75) is 17.7 Å². The van der Waals surface area contributed by atoms with Crippen LogP contribution in [-0.2, 0) is 0 Å². The molecule has 12 heavy (non-hydrogen) atoms. The molecule has 0 aliphatic heterocycles. The van der Waals surface area contributed by atoms with E-state index in [0.717, 1.165) is 11.8 Å². The van der Waals surface area contributed by atoms with E-state index in [1.54, 1.807) is 6.92 Å². The first-order valence-electron chi connectivity index (χ1n) is 3.17. The maximum atomic E-state index is 8.99. The molecule has 0 spiro atoms. The van der Waals surface area contributed by atoms with Crippen LogP contribution in [0, 0.1) is 0 Å². The quantitative estimate of drug-likeness (QED) is 0.142. The highest BCUT2D eigenvalue weighted by molar-refractivity contribution is 8.15. The Morgan fingerprint density at radius 2 is 2.42 bits per heavy atom. The van der Waals surface area contributed by atoms with Crippen molar-refractivity contribution in [3.8, 4) is 0 Å². The number of thioether (sulfide) groups is 1. The second kappa shape index (κ2) is 6.10. The van der Waals surface area contributed by atoms with Crippen molar-refractivity contribution in [1.82, 2.24) is 0 Å². The van der Waals surface area contributed by atoms with Gasteiger partial charge < -0.3 is 10.8 Å². The minimum atomic E-state index is -0.633. The van der Waals surface area contributed by atoms with Crippen molar-refractivity contribution in [2.24, 2.45) is 16.7 Å². The van der Waals surface area contributed by atoms with E-state index in [1.165, 1.54) is 6.34 Å². The summed E-state index contributed by atoms with van der Waals surface area (Å²) in [5, 5.41) is 12.5. The number of hydrazone groups is 1. The van der Waals surface area contributed by atoms with Gasteiger partial charge in [-0.05, 0) is 23.8 Å². The van der Waals surface area contributed by atoms with Crippen LogP contribution >= 0.6 is 23.4 Å². The first kappa shape index (κ1) is 11.5. The van der Waals surface area contributed by atoms with Crippen LogP contribution in [0.15, 0.2) is 5.10 Å². The molecule has 0 rings (SSSR count). The number of nitrogens with zero attached hydrogens (tertiary/aromatic N) is 1. The predicted octanol–water partition coefficient (Wildman–Crippen LogP) is -2.04. The molecule has 0 saturated carbocycles. The Morgan fingerprint density at radius 1 is 1.83 bits per heavy atom. The first-order chi connectivity index (χ1) is 5.57. The van der Waals surface area contributed by atoms with Gasteiger partial charge in [0.05, 0.1) is 6.10 Å². The summed E-state index contributed by atoms with van der Waals surface area (Å²) < 4.78 is -0.483. The zero-order valence-corrected chi connectivity index (χ0v) is 8.14. The van der Waals surface area contributed by atoms with Gasteiger partial charge in [-0.3, -0.25) is 5.84 Å². The van der Waals surface area contributed by atoms with Gasteiger partial charge in [-0.1, -0.05) is 0 Å². The fraction of sp³-hybridized carbons (Fsp3) is 0.600. The zero-order valence-electron chi connectivity index (χ0n) is 6.57. The summed E-state index contributed by atoms with van der Waals surface area (Å²) in [5.41, 5.74) is 5.42. The molecule has 70 valence electrons. The van der Waals surface area contributed by atoms with E-state index < -0.39 is 10.8 Å². The number of nitrogens with two attached hydrogens (primary N) is 2. The molecule has 6 N–H and O–H groups in total. The van der Waals surface area contributed by atoms with Crippen LogP contribution in [0.3, 0.4) is 0 Å². The number of aliphatic hydroxyl groups is 1. The van der Waals surface area contributed by atoms with Crippen LogP contribution in [-0.4, -0.2) is 27.4 Å². The van der Waals surface area contributed by atoms with Gasteiger partial charge >= 0.3 is 0 Å². The van der Waals surface area contributed by atoms with E-state index in [0.29, 0.717) is 5.17 Å². The average Bonchev–Trinajstić information content (AvgIpc) is 2.00. The number of amidine groups is 1. The molecule has 0 aromatic heterocycles. The molecule has 0 heterocycles. The van der Waals surface area contributed by atoms with Gasteiger partial charge in [0.25, 0.3) is 5.17 Å². The average molecular weight is 212 g/mol. The monoisotopic (exact) mass is 211 g/mol. The summed E-state index contributed by atoms with van der Waals surface area (Å²) in [5.74, 6) is 4.81. The van der Waals surface area contributed by atoms with Gasteiger partial charge in [0.2, 0.25) is 6.34 Å². The van der Waals surface area contributed by atoms with Gasteiger partial charge in [-0.15, -0.1) is 11.6 Å². The third-order valence-corrected chi connectivity index (χ3v) is 2.52. The number of nitrogens with one attached hydrogen (secondary N) is 1. The van der Waals surface area contributed by atoms with Crippen molar-refractivity contribution in [3.05, 3.63) is 0 Å². The van der Waals surface area contributed by atoms with Gasteiger partial charge in [0.1, 0.15) is 4.71 Å². The van der Waals surface area contributed by atoms with E-state index in [2.05, 4.69) is 10.1 Å². The predicted molar refractivity (Wildman–Crippen MR) is 51.7 cm³/mol. The Kier molecular flexibility index (Phi) is 5.87. The highest BCUT2D eigenvalue weighted by atomic mass is 35.5. The minimum absolute atomic E-state index is 0.338. The highest BCUT2D eigenvalue weighted by Crippen LogP contribution is 2.16. The molecule has 0 aromatic carbocycles. The van der Waals surface area contributed by atoms with E-state index in [9.17, 15) is 0 Å². The number of hydrogen-bond donors (Lipinski definition) is 4. The summed E-state index contributed by atoms with van der Waals surface area (Å²) >= 11 is 6.79. The van der Waals surface area contributed by atoms with Gasteiger partial charge in [0.15, 0.2) is 0 Å². The van der Waals surface area contributed by atoms with E-state index >= 15 is 0 Å². The fourth-order valence-corrected chi connectivity index (χ4v) is 1.20. The number of halogens is 1. The van der Waals surface area contributed by atoms with E-state index in [-0.39, 0.29) is 0 Å². The number of alkyl halides is 1. The van der Waals surface area contributed by atoms with Crippen LogP contribution in [0.1, 0.15) is 6.92 Å². The van der Waals surface area contributed by atoms with Crippen LogP contribution < -0.4 is 16.6 Å². The van der Waals surface area contributed by atoms with Crippen molar-refractivity contribution >= 4 is 34.9 Å². The third-order valence-electron chi connectivity index (χ3n) is 0.900. The number of rotatable bonds is 3. The Labute approximate surface area is 79.9 Å². The fourth-order valence-electron chi connectivity index (χ4n) is 0.355. The van der Waals surface area contributed by atoms with Crippen molar-refractivity contribution < 1.29 is 10.1 Å². The Morgan fingerprint density at radius 3 is 2.83 bits per heavy atom. The molecule has 0 bridgehead atoms. The summed E-state index contributed by atoms with van der Waals surface area (Å²) in [6.45, 7) is 1.58. The Hall–Kier alpha value is -0.460. The molecule has 0 aliphatic rings. The van der Waals surface area contributed by atoms with Crippen molar-refractivity contribution in [2.75, 3.05) is 0 Å². The molecule has 0 aliphatic carbocycles. The summed E-state index contributed by atoms with van der Waals surface area (Å²) in [6.07, 6.45) is 0.598. The summed E-state index contributed by atoms with van der Waals surface area (Å²) in [4.78, 5) is 2.56. The van der Waals surface area contributed by atoms with Gasteiger partial charge in [-0.2, -0.15) is 0 Å². The molecule has 2 unspecified atom stereocenters. The molecular weight excluding hydrogens is 200 g/mol. The molecular formula is C5H12ClN4OS+. The lowest BCUT2D eigenvalue weighted by atomic mass is 10.5. The lowest BCUT2D eigenvalue weighted by Crippen LogP contribution is -2.73. The highest BCUT2D eigenvalue weighted by Gasteiger charge is 2.14. The molecule has 0 amide bonds. The Bertz CT molecular complexity index is 184. The lowest BCUT2D eigenvalue weighted by Gasteiger charge is -2.08. The molecule has 0 aromatic rings. The smallest absolute Gasteiger partial charge is 0.254 e. The second-order valence-electron chi connectivity index (χ2n) is 2.00. The van der Waals surface area contributed by atoms with Crippen LogP contribution in [0.2, 0.25) is 0 Å². The SMILES string of the molecule is CC(O)C(Cl)SC(N)=[NH+]/C=N/N. The number of aliphatic hydroxyl groups excluding tert-OH is 1. The maximum absolute atomic E-state index is 8.99. The number of hydrogen-bond acceptors (Lipinski definition) is 4. The van der Waals surface area contributed by atoms with Crippen LogP contribution in [0.4, 0.5) is 0 Å². The normalized spacial score (nSPS) is 18.1. The van der Waals surface area contributed by atoms with Gasteiger partial charge in [0, 0.05) is 0 Å². The molecule has 5 nitrogen and oxygen atoms in total. The lowest BCUT2D eigenvalue weighted by molar-refractivity contribution is -0.301. The van der Waals surface area contributed by atoms with E-state index in [4.69, 9.17) is 28.3 Å². The Balaban J connectivity index is 3.91. The summed E-state index contributed by atoms with van der Waals surface area (Å²) in [7, 11) is 0. The van der Waals surface area contributed by atoms with E-state index in [1.807, 2.05) is 0 Å². The van der Waals surface area contributed by atoms with Gasteiger partial charge in [-0.25, -0.2) is 4.99 Å². The molecule has 0 fully saturated rings. The zero-order chi connectivity index (χ0) is 9.56.